The van der Waals surface area contributed by atoms with Crippen molar-refractivity contribution in [3.63, 3.8) is 0 Å². The second-order valence-corrected chi connectivity index (χ2v) is 7.57. The lowest BCUT2D eigenvalue weighted by Crippen LogP contribution is -2.39. The van der Waals surface area contributed by atoms with E-state index in [0.29, 0.717) is 19.8 Å². The molecule has 7 nitrogen and oxygen atoms in total. The molecule has 24 heavy (non-hydrogen) atoms. The molecule has 0 bridgehead atoms. The van der Waals surface area contributed by atoms with Gasteiger partial charge in [-0.15, -0.1) is 0 Å². The fourth-order valence-corrected chi connectivity index (χ4v) is 3.82. The van der Waals surface area contributed by atoms with E-state index in [0.717, 1.165) is 22.4 Å². The lowest BCUT2D eigenvalue weighted by atomic mass is 10.0. The van der Waals surface area contributed by atoms with Crippen LogP contribution < -0.4 is 4.72 Å². The number of rotatable bonds is 5. The summed E-state index contributed by atoms with van der Waals surface area (Å²) in [5.74, 6) is 0. The SMILES string of the molecule is Cc1cc(S(=O)(=O)NCC2COCCO2)ccc1-c1cn[nH]c1C. The van der Waals surface area contributed by atoms with E-state index in [1.165, 1.54) is 0 Å². The van der Waals surface area contributed by atoms with Gasteiger partial charge in [0.05, 0.1) is 37.0 Å². The van der Waals surface area contributed by atoms with Gasteiger partial charge in [0, 0.05) is 17.8 Å². The molecule has 1 unspecified atom stereocenters. The fraction of sp³-hybridized carbons (Fsp3) is 0.438. The summed E-state index contributed by atoms with van der Waals surface area (Å²) in [6.45, 7) is 5.46. The second kappa shape index (κ2) is 7.02. The normalized spacial score (nSPS) is 18.7. The van der Waals surface area contributed by atoms with Crippen LogP contribution in [0.5, 0.6) is 0 Å². The molecular formula is C16H21N3O4S. The van der Waals surface area contributed by atoms with E-state index in [1.54, 1.807) is 18.3 Å². The van der Waals surface area contributed by atoms with Crippen LogP contribution in [-0.2, 0) is 19.5 Å². The van der Waals surface area contributed by atoms with Gasteiger partial charge in [-0.25, -0.2) is 13.1 Å². The maximum Gasteiger partial charge on any atom is 0.240 e. The Hall–Kier alpha value is -1.74. The molecule has 1 aromatic carbocycles. The van der Waals surface area contributed by atoms with Crippen molar-refractivity contribution in [2.45, 2.75) is 24.8 Å². The van der Waals surface area contributed by atoms with E-state index in [2.05, 4.69) is 14.9 Å². The van der Waals surface area contributed by atoms with Crippen molar-refractivity contribution < 1.29 is 17.9 Å². The van der Waals surface area contributed by atoms with Crippen LogP contribution >= 0.6 is 0 Å². The minimum Gasteiger partial charge on any atom is -0.376 e. The molecule has 8 heteroatoms. The Kier molecular flexibility index (Phi) is 5.00. The Morgan fingerprint density at radius 1 is 1.29 bits per heavy atom. The van der Waals surface area contributed by atoms with E-state index in [1.807, 2.05) is 19.9 Å². The summed E-state index contributed by atoms with van der Waals surface area (Å²) in [5.41, 5.74) is 3.75. The maximum atomic E-state index is 12.5. The number of hydrogen-bond acceptors (Lipinski definition) is 5. The van der Waals surface area contributed by atoms with Crippen LogP contribution in [0.15, 0.2) is 29.3 Å². The van der Waals surface area contributed by atoms with Gasteiger partial charge < -0.3 is 9.47 Å². The standard InChI is InChI=1S/C16H21N3O4S/c1-11-7-14(3-4-15(11)16-9-17-19-12(16)2)24(20,21)18-8-13-10-22-5-6-23-13/h3-4,7,9,13,18H,5-6,8,10H2,1-2H3,(H,17,19). The lowest BCUT2D eigenvalue weighted by molar-refractivity contribution is -0.0846. The van der Waals surface area contributed by atoms with E-state index in [4.69, 9.17) is 9.47 Å². The monoisotopic (exact) mass is 351 g/mol. The van der Waals surface area contributed by atoms with Gasteiger partial charge >= 0.3 is 0 Å². The average molecular weight is 351 g/mol. The average Bonchev–Trinajstić information content (AvgIpc) is 3.00. The number of benzene rings is 1. The molecule has 1 saturated heterocycles. The van der Waals surface area contributed by atoms with Gasteiger partial charge in [-0.3, -0.25) is 5.10 Å². The maximum absolute atomic E-state index is 12.5. The van der Waals surface area contributed by atoms with Crippen molar-refractivity contribution in [1.82, 2.24) is 14.9 Å². The quantitative estimate of drug-likeness (QED) is 0.849. The van der Waals surface area contributed by atoms with Crippen molar-refractivity contribution in [3.05, 3.63) is 35.7 Å². The zero-order valence-electron chi connectivity index (χ0n) is 13.7. The first-order valence-corrected chi connectivity index (χ1v) is 9.26. The largest absolute Gasteiger partial charge is 0.376 e. The molecule has 2 aromatic rings. The molecule has 0 spiro atoms. The summed E-state index contributed by atoms with van der Waals surface area (Å²) in [6.07, 6.45) is 1.49. The summed E-state index contributed by atoms with van der Waals surface area (Å²) in [6, 6.07) is 5.08. The molecule has 1 aromatic heterocycles. The first-order chi connectivity index (χ1) is 11.5. The van der Waals surface area contributed by atoms with E-state index in [-0.39, 0.29) is 17.5 Å². The number of H-pyrrole nitrogens is 1. The van der Waals surface area contributed by atoms with Gasteiger partial charge in [0.1, 0.15) is 0 Å². The third-order valence-electron chi connectivity index (χ3n) is 4.01. The Bertz CT molecular complexity index is 810. The molecule has 2 N–H and O–H groups in total. The molecule has 1 aliphatic rings. The molecular weight excluding hydrogens is 330 g/mol. The van der Waals surface area contributed by atoms with Crippen molar-refractivity contribution in [2.75, 3.05) is 26.4 Å². The second-order valence-electron chi connectivity index (χ2n) is 5.81. The molecule has 0 radical (unpaired) electrons. The Morgan fingerprint density at radius 2 is 2.12 bits per heavy atom. The molecule has 0 saturated carbocycles. The van der Waals surface area contributed by atoms with Crippen LogP contribution in [0.2, 0.25) is 0 Å². The molecule has 0 aliphatic carbocycles. The number of ether oxygens (including phenoxy) is 2. The molecule has 2 heterocycles. The predicted molar refractivity (Wildman–Crippen MR) is 89.2 cm³/mol. The lowest BCUT2D eigenvalue weighted by Gasteiger charge is -2.23. The zero-order valence-corrected chi connectivity index (χ0v) is 14.5. The highest BCUT2D eigenvalue weighted by molar-refractivity contribution is 7.89. The van der Waals surface area contributed by atoms with Gasteiger partial charge in [0.15, 0.2) is 0 Å². The molecule has 1 atom stereocenters. The first-order valence-electron chi connectivity index (χ1n) is 7.77. The van der Waals surface area contributed by atoms with Gasteiger partial charge in [0.25, 0.3) is 0 Å². The van der Waals surface area contributed by atoms with Gasteiger partial charge in [-0.2, -0.15) is 5.10 Å². The van der Waals surface area contributed by atoms with Crippen LogP contribution in [0.1, 0.15) is 11.3 Å². The number of nitrogens with zero attached hydrogens (tertiary/aromatic N) is 1. The molecule has 3 rings (SSSR count). The molecule has 0 amide bonds. The van der Waals surface area contributed by atoms with E-state index < -0.39 is 10.0 Å². The van der Waals surface area contributed by atoms with E-state index >= 15 is 0 Å². The Balaban J connectivity index is 1.76. The Labute approximate surface area is 141 Å². The summed E-state index contributed by atoms with van der Waals surface area (Å²) in [5, 5.41) is 6.90. The van der Waals surface area contributed by atoms with E-state index in [9.17, 15) is 8.42 Å². The van der Waals surface area contributed by atoms with Gasteiger partial charge in [-0.1, -0.05) is 6.07 Å². The summed E-state index contributed by atoms with van der Waals surface area (Å²) in [7, 11) is -3.59. The number of aromatic nitrogens is 2. The van der Waals surface area contributed by atoms with Crippen molar-refractivity contribution >= 4 is 10.0 Å². The molecule has 1 fully saturated rings. The van der Waals surface area contributed by atoms with Crippen molar-refractivity contribution in [3.8, 4) is 11.1 Å². The molecule has 130 valence electrons. The smallest absolute Gasteiger partial charge is 0.240 e. The summed E-state index contributed by atoms with van der Waals surface area (Å²) in [4.78, 5) is 0.238. The van der Waals surface area contributed by atoms with Crippen molar-refractivity contribution in [2.24, 2.45) is 0 Å². The predicted octanol–water partition coefficient (Wildman–Crippen LogP) is 1.39. The number of aryl methyl sites for hydroxylation is 2. The highest BCUT2D eigenvalue weighted by Gasteiger charge is 2.20. The number of nitrogens with one attached hydrogen (secondary N) is 2. The highest BCUT2D eigenvalue weighted by Crippen LogP contribution is 2.27. The minimum absolute atomic E-state index is 0.198. The molecule has 1 aliphatic heterocycles. The zero-order chi connectivity index (χ0) is 17.2. The van der Waals surface area contributed by atoms with Gasteiger partial charge in [-0.05, 0) is 37.1 Å². The van der Waals surface area contributed by atoms with Crippen LogP contribution in [0.3, 0.4) is 0 Å². The van der Waals surface area contributed by atoms with Crippen LogP contribution in [0.4, 0.5) is 0 Å². The van der Waals surface area contributed by atoms with Crippen LogP contribution in [0, 0.1) is 13.8 Å². The first kappa shape index (κ1) is 17.1. The third kappa shape index (κ3) is 3.67. The third-order valence-corrected chi connectivity index (χ3v) is 5.44. The number of hydrogen-bond donors (Lipinski definition) is 2. The van der Waals surface area contributed by atoms with Crippen LogP contribution in [0.25, 0.3) is 11.1 Å². The topological polar surface area (TPSA) is 93.3 Å². The fourth-order valence-electron chi connectivity index (χ4n) is 2.67. The number of aromatic amines is 1. The highest BCUT2D eigenvalue weighted by atomic mass is 32.2. The number of sulfonamides is 1. The van der Waals surface area contributed by atoms with Crippen molar-refractivity contribution in [1.29, 1.82) is 0 Å². The minimum atomic E-state index is -3.59. The van der Waals surface area contributed by atoms with Gasteiger partial charge in [0.2, 0.25) is 10.0 Å². The summed E-state index contributed by atoms with van der Waals surface area (Å²) >= 11 is 0. The Morgan fingerprint density at radius 3 is 2.75 bits per heavy atom. The summed E-state index contributed by atoms with van der Waals surface area (Å²) < 4.78 is 38.2. The van der Waals surface area contributed by atoms with Crippen LogP contribution in [-0.4, -0.2) is 51.1 Å².